The third-order valence-electron chi connectivity index (χ3n) is 4.50. The van der Waals surface area contributed by atoms with Crippen LogP contribution in [-0.4, -0.2) is 61.3 Å². The Hall–Kier alpha value is -1.26. The summed E-state index contributed by atoms with van der Waals surface area (Å²) < 4.78 is 11.9. The molecule has 0 aromatic heterocycles. The van der Waals surface area contributed by atoms with E-state index in [1.54, 1.807) is 0 Å². The van der Waals surface area contributed by atoms with Crippen molar-refractivity contribution in [1.29, 1.82) is 0 Å². The van der Waals surface area contributed by atoms with E-state index in [1.807, 2.05) is 24.3 Å². The van der Waals surface area contributed by atoms with Crippen LogP contribution in [0.2, 0.25) is 0 Å². The first kappa shape index (κ1) is 13.7. The molecule has 0 radical (unpaired) electrons. The fourth-order valence-electron chi connectivity index (χ4n) is 3.00. The molecular weight excluding hydrogens is 252 g/mol. The van der Waals surface area contributed by atoms with Crippen molar-refractivity contribution in [2.24, 2.45) is 0 Å². The number of hydrogen-bond donors (Lipinski definition) is 0. The SMILES string of the molecule is CCN1CCN([C@@H](C)[C@H]2COc3ccccc3O2)CC1. The average molecular weight is 276 g/mol. The third kappa shape index (κ3) is 2.76. The molecule has 4 nitrogen and oxygen atoms in total. The van der Waals surface area contributed by atoms with E-state index in [4.69, 9.17) is 9.47 Å². The molecule has 1 saturated heterocycles. The van der Waals surface area contributed by atoms with Gasteiger partial charge in [-0.3, -0.25) is 4.90 Å². The minimum atomic E-state index is 0.123. The van der Waals surface area contributed by atoms with Crippen molar-refractivity contribution in [1.82, 2.24) is 9.80 Å². The summed E-state index contributed by atoms with van der Waals surface area (Å²) in [4.78, 5) is 5.02. The van der Waals surface area contributed by atoms with Crippen LogP contribution >= 0.6 is 0 Å². The van der Waals surface area contributed by atoms with Gasteiger partial charge in [-0.2, -0.15) is 0 Å². The zero-order chi connectivity index (χ0) is 13.9. The summed E-state index contributed by atoms with van der Waals surface area (Å²) in [7, 11) is 0. The van der Waals surface area contributed by atoms with E-state index in [0.29, 0.717) is 12.6 Å². The second kappa shape index (κ2) is 6.02. The van der Waals surface area contributed by atoms with E-state index in [2.05, 4.69) is 23.6 Å². The first-order chi connectivity index (χ1) is 9.78. The van der Waals surface area contributed by atoms with Crippen LogP contribution in [0.3, 0.4) is 0 Å². The second-order valence-corrected chi connectivity index (χ2v) is 5.62. The predicted molar refractivity (Wildman–Crippen MR) is 79.5 cm³/mol. The molecule has 0 amide bonds. The molecular formula is C16H24N2O2. The molecule has 20 heavy (non-hydrogen) atoms. The van der Waals surface area contributed by atoms with Gasteiger partial charge in [0.05, 0.1) is 0 Å². The van der Waals surface area contributed by atoms with Crippen molar-refractivity contribution in [3.63, 3.8) is 0 Å². The highest BCUT2D eigenvalue weighted by molar-refractivity contribution is 5.40. The van der Waals surface area contributed by atoms with Crippen LogP contribution in [0, 0.1) is 0 Å². The molecule has 0 aliphatic carbocycles. The number of nitrogens with zero attached hydrogens (tertiary/aromatic N) is 2. The molecule has 0 bridgehead atoms. The Labute approximate surface area is 121 Å². The summed E-state index contributed by atoms with van der Waals surface area (Å²) in [6, 6.07) is 8.33. The van der Waals surface area contributed by atoms with Crippen LogP contribution in [0.4, 0.5) is 0 Å². The zero-order valence-corrected chi connectivity index (χ0v) is 12.4. The Morgan fingerprint density at radius 3 is 2.55 bits per heavy atom. The predicted octanol–water partition coefficient (Wildman–Crippen LogP) is 1.85. The second-order valence-electron chi connectivity index (χ2n) is 5.62. The number of rotatable bonds is 3. The number of ether oxygens (including phenoxy) is 2. The molecule has 3 rings (SSSR count). The summed E-state index contributed by atoms with van der Waals surface area (Å²) >= 11 is 0. The highest BCUT2D eigenvalue weighted by Crippen LogP contribution is 2.32. The van der Waals surface area contributed by atoms with Gasteiger partial charge in [0, 0.05) is 32.2 Å². The summed E-state index contributed by atoms with van der Waals surface area (Å²) in [6.07, 6.45) is 0.123. The molecule has 1 fully saturated rings. The van der Waals surface area contributed by atoms with Gasteiger partial charge in [0.15, 0.2) is 11.5 Å². The van der Waals surface area contributed by atoms with Crippen molar-refractivity contribution in [3.8, 4) is 11.5 Å². The van der Waals surface area contributed by atoms with Crippen LogP contribution in [0.1, 0.15) is 13.8 Å². The topological polar surface area (TPSA) is 24.9 Å². The van der Waals surface area contributed by atoms with E-state index in [-0.39, 0.29) is 6.10 Å². The van der Waals surface area contributed by atoms with Crippen LogP contribution in [0.5, 0.6) is 11.5 Å². The van der Waals surface area contributed by atoms with Crippen LogP contribution in [0.25, 0.3) is 0 Å². The Balaban J connectivity index is 1.60. The van der Waals surface area contributed by atoms with Gasteiger partial charge >= 0.3 is 0 Å². The summed E-state index contributed by atoms with van der Waals surface area (Å²) in [5, 5.41) is 0. The Morgan fingerprint density at radius 2 is 1.85 bits per heavy atom. The molecule has 0 unspecified atom stereocenters. The molecule has 2 aliphatic rings. The molecule has 1 aromatic rings. The highest BCUT2D eigenvalue weighted by Gasteiger charge is 2.31. The monoisotopic (exact) mass is 276 g/mol. The fourth-order valence-corrected chi connectivity index (χ4v) is 3.00. The number of hydrogen-bond acceptors (Lipinski definition) is 4. The van der Waals surface area contributed by atoms with Gasteiger partial charge in [-0.15, -0.1) is 0 Å². The van der Waals surface area contributed by atoms with Gasteiger partial charge in [0.1, 0.15) is 12.7 Å². The average Bonchev–Trinajstić information content (AvgIpc) is 2.54. The van der Waals surface area contributed by atoms with Gasteiger partial charge in [0.2, 0.25) is 0 Å². The molecule has 2 atom stereocenters. The number of piperazine rings is 1. The minimum Gasteiger partial charge on any atom is -0.486 e. The molecule has 2 heterocycles. The maximum absolute atomic E-state index is 6.12. The molecule has 110 valence electrons. The van der Waals surface area contributed by atoms with Crippen molar-refractivity contribution < 1.29 is 9.47 Å². The molecule has 0 spiro atoms. The number of fused-ring (bicyclic) bond motifs is 1. The Morgan fingerprint density at radius 1 is 1.15 bits per heavy atom. The lowest BCUT2D eigenvalue weighted by Crippen LogP contribution is -2.55. The normalized spacial score (nSPS) is 25.4. The largest absolute Gasteiger partial charge is 0.486 e. The molecule has 2 aliphatic heterocycles. The lowest BCUT2D eigenvalue weighted by molar-refractivity contribution is 0.00264. The lowest BCUT2D eigenvalue weighted by atomic mass is 10.1. The van der Waals surface area contributed by atoms with Gasteiger partial charge in [-0.25, -0.2) is 0 Å². The van der Waals surface area contributed by atoms with Crippen molar-refractivity contribution in [2.45, 2.75) is 26.0 Å². The van der Waals surface area contributed by atoms with E-state index >= 15 is 0 Å². The lowest BCUT2D eigenvalue weighted by Gasteiger charge is -2.41. The van der Waals surface area contributed by atoms with Gasteiger partial charge in [-0.05, 0) is 25.6 Å². The molecule has 0 N–H and O–H groups in total. The van der Waals surface area contributed by atoms with Gasteiger partial charge in [0.25, 0.3) is 0 Å². The van der Waals surface area contributed by atoms with E-state index in [1.165, 1.54) is 0 Å². The van der Waals surface area contributed by atoms with Gasteiger partial charge < -0.3 is 14.4 Å². The number of likely N-dealkylation sites (N-methyl/N-ethyl adjacent to an activating group) is 1. The highest BCUT2D eigenvalue weighted by atomic mass is 16.6. The summed E-state index contributed by atoms with van der Waals surface area (Å²) in [5.74, 6) is 1.74. The van der Waals surface area contributed by atoms with Crippen LogP contribution in [-0.2, 0) is 0 Å². The molecule has 0 saturated carbocycles. The summed E-state index contributed by atoms with van der Waals surface area (Å²) in [6.45, 7) is 10.8. The standard InChI is InChI=1S/C16H24N2O2/c1-3-17-8-10-18(11-9-17)13(2)16-12-19-14-6-4-5-7-15(14)20-16/h4-7,13,16H,3,8-12H2,1-2H3/t13-,16+/m0/s1. The first-order valence-electron chi connectivity index (χ1n) is 7.63. The minimum absolute atomic E-state index is 0.123. The van der Waals surface area contributed by atoms with Crippen LogP contribution in [0.15, 0.2) is 24.3 Å². The fraction of sp³-hybridized carbons (Fsp3) is 0.625. The van der Waals surface area contributed by atoms with E-state index in [0.717, 1.165) is 44.2 Å². The number of para-hydroxylation sites is 2. The first-order valence-corrected chi connectivity index (χ1v) is 7.63. The Kier molecular flexibility index (Phi) is 4.13. The molecule has 1 aromatic carbocycles. The quantitative estimate of drug-likeness (QED) is 0.841. The maximum atomic E-state index is 6.12. The zero-order valence-electron chi connectivity index (χ0n) is 12.4. The van der Waals surface area contributed by atoms with Crippen molar-refractivity contribution in [3.05, 3.63) is 24.3 Å². The number of benzene rings is 1. The van der Waals surface area contributed by atoms with E-state index in [9.17, 15) is 0 Å². The van der Waals surface area contributed by atoms with Crippen molar-refractivity contribution >= 4 is 0 Å². The van der Waals surface area contributed by atoms with E-state index < -0.39 is 0 Å². The maximum Gasteiger partial charge on any atom is 0.161 e. The van der Waals surface area contributed by atoms with Crippen molar-refractivity contribution in [2.75, 3.05) is 39.3 Å². The summed E-state index contributed by atoms with van der Waals surface area (Å²) in [5.41, 5.74) is 0. The molecule has 4 heteroatoms. The smallest absolute Gasteiger partial charge is 0.161 e. The third-order valence-corrected chi connectivity index (χ3v) is 4.50. The van der Waals surface area contributed by atoms with Crippen LogP contribution < -0.4 is 9.47 Å². The van der Waals surface area contributed by atoms with Gasteiger partial charge in [-0.1, -0.05) is 19.1 Å². The Bertz CT molecular complexity index is 444.